The Labute approximate surface area is 134 Å². The predicted octanol–water partition coefficient (Wildman–Crippen LogP) is 2.89. The lowest BCUT2D eigenvalue weighted by Gasteiger charge is -2.28. The van der Waals surface area contributed by atoms with Crippen molar-refractivity contribution >= 4 is 18.3 Å². The van der Waals surface area contributed by atoms with Gasteiger partial charge < -0.3 is 11.1 Å². The lowest BCUT2D eigenvalue weighted by Crippen LogP contribution is -2.46. The van der Waals surface area contributed by atoms with Crippen molar-refractivity contribution in [1.29, 1.82) is 0 Å². The van der Waals surface area contributed by atoms with Gasteiger partial charge >= 0.3 is 0 Å². The van der Waals surface area contributed by atoms with Crippen LogP contribution in [0, 0.1) is 29.1 Å². The van der Waals surface area contributed by atoms with E-state index in [9.17, 15) is 4.79 Å². The number of amides is 1. The molecule has 0 aliphatic heterocycles. The van der Waals surface area contributed by atoms with E-state index in [-0.39, 0.29) is 35.7 Å². The Kier molecular flexibility index (Phi) is 4.75. The van der Waals surface area contributed by atoms with E-state index in [4.69, 9.17) is 5.73 Å². The Morgan fingerprint density at radius 1 is 1.24 bits per heavy atom. The van der Waals surface area contributed by atoms with Gasteiger partial charge in [-0.25, -0.2) is 0 Å². The van der Waals surface area contributed by atoms with E-state index in [0.717, 1.165) is 18.9 Å². The molecule has 0 aromatic rings. The molecule has 3 rings (SSSR count). The fourth-order valence-electron chi connectivity index (χ4n) is 3.90. The second-order valence-corrected chi connectivity index (χ2v) is 8.18. The first-order valence-corrected chi connectivity index (χ1v) is 8.12. The fourth-order valence-corrected chi connectivity index (χ4v) is 3.90. The van der Waals surface area contributed by atoms with Gasteiger partial charge in [0.05, 0.1) is 5.92 Å². The monoisotopic (exact) mass is 312 g/mol. The molecule has 0 saturated heterocycles. The smallest absolute Gasteiger partial charge is 0.225 e. The minimum absolute atomic E-state index is 0. The maximum absolute atomic E-state index is 12.5. The average Bonchev–Trinajstić information content (AvgIpc) is 3.03. The van der Waals surface area contributed by atoms with Crippen LogP contribution in [0.25, 0.3) is 0 Å². The minimum Gasteiger partial charge on any atom is -0.355 e. The summed E-state index contributed by atoms with van der Waals surface area (Å²) in [7, 11) is 0. The number of halogens is 1. The molecule has 3 aliphatic rings. The average molecular weight is 313 g/mol. The number of hydrogen-bond donors (Lipinski definition) is 2. The molecule has 0 aromatic heterocycles. The van der Waals surface area contributed by atoms with Crippen molar-refractivity contribution in [1.82, 2.24) is 5.32 Å². The van der Waals surface area contributed by atoms with Crippen LogP contribution in [0.1, 0.15) is 46.5 Å². The maximum atomic E-state index is 12.5. The van der Waals surface area contributed by atoms with Gasteiger partial charge in [0.1, 0.15) is 0 Å². The third kappa shape index (κ3) is 3.45. The van der Waals surface area contributed by atoms with E-state index in [1.165, 1.54) is 24.8 Å². The zero-order valence-electron chi connectivity index (χ0n) is 13.4. The highest BCUT2D eigenvalue weighted by Gasteiger charge is 2.52. The lowest BCUT2D eigenvalue weighted by molar-refractivity contribution is -0.127. The molecule has 0 spiro atoms. The maximum Gasteiger partial charge on any atom is 0.225 e. The van der Waals surface area contributed by atoms with Crippen molar-refractivity contribution in [3.05, 3.63) is 11.6 Å². The van der Waals surface area contributed by atoms with E-state index in [1.54, 1.807) is 0 Å². The van der Waals surface area contributed by atoms with Crippen LogP contribution in [0.3, 0.4) is 0 Å². The Morgan fingerprint density at radius 2 is 1.86 bits per heavy atom. The van der Waals surface area contributed by atoms with Gasteiger partial charge in [0, 0.05) is 12.6 Å². The molecule has 0 radical (unpaired) electrons. The highest BCUT2D eigenvalue weighted by Crippen LogP contribution is 2.53. The van der Waals surface area contributed by atoms with Crippen LogP contribution in [0.4, 0.5) is 0 Å². The van der Waals surface area contributed by atoms with Crippen molar-refractivity contribution in [2.75, 3.05) is 6.54 Å². The molecular formula is C17H29ClN2O. The molecule has 2 bridgehead atoms. The number of carbonyl (C=O) groups excluding carboxylic acids is 1. The topological polar surface area (TPSA) is 55.1 Å². The zero-order chi connectivity index (χ0) is 14.5. The van der Waals surface area contributed by atoms with Gasteiger partial charge in [0.25, 0.3) is 0 Å². The Bertz CT molecular complexity index is 437. The van der Waals surface area contributed by atoms with E-state index in [0.29, 0.717) is 11.8 Å². The molecule has 1 amide bonds. The highest BCUT2D eigenvalue weighted by atomic mass is 35.5. The standard InChI is InChI=1S/C17H28N2O.ClH/c1-17(2,3)9-19-16(20)14-11-6-7-12(15(14)18)13(11)8-10-4-5-10;/h8,10-12,14-15H,4-7,9,18H2,1-3H3,(H,19,20);1H/b13-8-;/t11-,12+,14-,15+;/m0./s1. The van der Waals surface area contributed by atoms with Gasteiger partial charge in [0.2, 0.25) is 5.91 Å². The molecule has 0 heterocycles. The van der Waals surface area contributed by atoms with Gasteiger partial charge in [-0.15, -0.1) is 12.4 Å². The van der Waals surface area contributed by atoms with E-state index >= 15 is 0 Å². The first kappa shape index (κ1) is 16.8. The van der Waals surface area contributed by atoms with Gasteiger partial charge in [-0.1, -0.05) is 32.4 Å². The number of nitrogens with one attached hydrogen (secondary N) is 1. The molecule has 4 atom stereocenters. The Morgan fingerprint density at radius 3 is 2.43 bits per heavy atom. The lowest BCUT2D eigenvalue weighted by atomic mass is 9.84. The summed E-state index contributed by atoms with van der Waals surface area (Å²) in [5.41, 5.74) is 8.04. The predicted molar refractivity (Wildman–Crippen MR) is 88.2 cm³/mol. The zero-order valence-corrected chi connectivity index (χ0v) is 14.2. The van der Waals surface area contributed by atoms with Crippen LogP contribution >= 0.6 is 12.4 Å². The van der Waals surface area contributed by atoms with Crippen LogP contribution in [0.2, 0.25) is 0 Å². The summed E-state index contributed by atoms with van der Waals surface area (Å²) in [4.78, 5) is 12.5. The number of carbonyl (C=O) groups is 1. The highest BCUT2D eigenvalue weighted by molar-refractivity contribution is 5.85. The summed E-state index contributed by atoms with van der Waals surface area (Å²) in [6.07, 6.45) is 7.47. The number of allylic oxidation sites excluding steroid dienone is 1. The summed E-state index contributed by atoms with van der Waals surface area (Å²) in [6.45, 7) is 7.17. The van der Waals surface area contributed by atoms with E-state index < -0.39 is 0 Å². The molecule has 0 aromatic carbocycles. The van der Waals surface area contributed by atoms with Crippen molar-refractivity contribution in [3.63, 3.8) is 0 Å². The van der Waals surface area contributed by atoms with Gasteiger partial charge in [0.15, 0.2) is 0 Å². The molecule has 3 nitrogen and oxygen atoms in total. The number of nitrogens with two attached hydrogens (primary N) is 1. The van der Waals surface area contributed by atoms with Crippen LogP contribution < -0.4 is 11.1 Å². The summed E-state index contributed by atoms with van der Waals surface area (Å²) in [5.74, 6) is 1.89. The first-order valence-electron chi connectivity index (χ1n) is 8.12. The van der Waals surface area contributed by atoms with Gasteiger partial charge in [-0.05, 0) is 48.9 Å². The summed E-state index contributed by atoms with van der Waals surface area (Å²) >= 11 is 0. The van der Waals surface area contributed by atoms with Gasteiger partial charge in [-0.2, -0.15) is 0 Å². The molecule has 3 aliphatic carbocycles. The molecule has 120 valence electrons. The third-order valence-corrected chi connectivity index (χ3v) is 5.10. The SMILES string of the molecule is CC(C)(C)CNC(=O)[C@@H]1[C@H](N)[C@@H]2CC[C@H]1/C2=C/C1CC1.Cl. The molecule has 0 unspecified atom stereocenters. The fraction of sp³-hybridized carbons (Fsp3) is 0.824. The summed E-state index contributed by atoms with van der Waals surface area (Å²) in [5, 5.41) is 3.12. The van der Waals surface area contributed by atoms with Crippen LogP contribution in [0.15, 0.2) is 11.6 Å². The first-order chi connectivity index (χ1) is 9.37. The van der Waals surface area contributed by atoms with Crippen molar-refractivity contribution in [2.45, 2.75) is 52.5 Å². The van der Waals surface area contributed by atoms with Crippen molar-refractivity contribution < 1.29 is 4.79 Å². The number of hydrogen-bond acceptors (Lipinski definition) is 2. The molecule has 3 fully saturated rings. The Balaban J connectivity index is 0.00000161. The Hall–Kier alpha value is -0.540. The van der Waals surface area contributed by atoms with Crippen molar-refractivity contribution in [2.24, 2.45) is 34.8 Å². The molecule has 3 saturated carbocycles. The second kappa shape index (κ2) is 5.92. The minimum atomic E-state index is 0. The van der Waals surface area contributed by atoms with Gasteiger partial charge in [-0.3, -0.25) is 4.79 Å². The molecular weight excluding hydrogens is 284 g/mol. The van der Waals surface area contributed by atoms with E-state index in [2.05, 4.69) is 32.2 Å². The molecule has 21 heavy (non-hydrogen) atoms. The molecule has 4 heteroatoms. The van der Waals surface area contributed by atoms with E-state index in [1.807, 2.05) is 0 Å². The summed E-state index contributed by atoms with van der Waals surface area (Å²) < 4.78 is 0. The van der Waals surface area contributed by atoms with Crippen LogP contribution in [-0.4, -0.2) is 18.5 Å². The van der Waals surface area contributed by atoms with Crippen LogP contribution in [0.5, 0.6) is 0 Å². The quantitative estimate of drug-likeness (QED) is 0.787. The third-order valence-electron chi connectivity index (χ3n) is 5.10. The number of fused-ring (bicyclic) bond motifs is 2. The normalized spacial score (nSPS) is 36.7. The van der Waals surface area contributed by atoms with Crippen molar-refractivity contribution in [3.8, 4) is 0 Å². The largest absolute Gasteiger partial charge is 0.355 e. The van der Waals surface area contributed by atoms with Crippen LogP contribution in [-0.2, 0) is 4.79 Å². The second-order valence-electron chi connectivity index (χ2n) is 8.18. The summed E-state index contributed by atoms with van der Waals surface area (Å²) in [6, 6.07) is 0.0405. The number of rotatable bonds is 3. The molecule has 3 N–H and O–H groups in total.